The van der Waals surface area contributed by atoms with Crippen molar-refractivity contribution in [3.63, 3.8) is 0 Å². The molecule has 2 aromatic heterocycles. The van der Waals surface area contributed by atoms with Gasteiger partial charge in [0, 0.05) is 38.6 Å². The van der Waals surface area contributed by atoms with Crippen LogP contribution in [0.25, 0.3) is 72.8 Å². The van der Waals surface area contributed by atoms with Gasteiger partial charge in [0.1, 0.15) is 0 Å². The Labute approximate surface area is 286 Å². The number of para-hydroxylation sites is 1. The summed E-state index contributed by atoms with van der Waals surface area (Å²) in [6, 6.07) is 51.3. The molecule has 0 saturated carbocycles. The highest BCUT2D eigenvalue weighted by Crippen LogP contribution is 2.56. The Morgan fingerprint density at radius 2 is 1.02 bits per heavy atom. The molecule has 236 valence electrons. The predicted octanol–water partition coefficient (Wildman–Crippen LogP) is 11.2. The van der Waals surface area contributed by atoms with E-state index in [9.17, 15) is 0 Å². The van der Waals surface area contributed by atoms with Gasteiger partial charge in [-0.2, -0.15) is 0 Å². The molecule has 1 aliphatic rings. The first kappa shape index (κ1) is 29.3. The maximum atomic E-state index is 5.03. The van der Waals surface area contributed by atoms with E-state index in [-0.39, 0.29) is 10.8 Å². The standard InChI is InChI=1S/C45H36N4/c1-44(2)36-24-13-11-22-33(36)34-26-27-38-39(40(34)45(44,3)4)35-23-12-14-25-37(35)49(38)32-21-15-20-31(28-32)43-47-41(29-16-7-5-8-17-29)46-42(48-43)30-18-9-6-10-19-30/h5-28H,1-4H3. The van der Waals surface area contributed by atoms with E-state index in [1.807, 2.05) is 60.7 Å². The molecule has 0 bridgehead atoms. The van der Waals surface area contributed by atoms with Crippen molar-refractivity contribution in [2.45, 2.75) is 38.5 Å². The van der Waals surface area contributed by atoms with Gasteiger partial charge in [0.15, 0.2) is 17.5 Å². The SMILES string of the molecule is CC1(C)c2ccccc2-c2ccc3c(c2C1(C)C)c1ccccc1n3-c1cccc(-c2nc(-c3ccccc3)nc(-c3ccccc3)n2)c1. The molecular weight excluding hydrogens is 597 g/mol. The topological polar surface area (TPSA) is 43.6 Å². The summed E-state index contributed by atoms with van der Waals surface area (Å²) in [6.07, 6.45) is 0. The average Bonchev–Trinajstić information content (AvgIpc) is 3.49. The highest BCUT2D eigenvalue weighted by Gasteiger charge is 2.47. The zero-order valence-electron chi connectivity index (χ0n) is 28.1. The van der Waals surface area contributed by atoms with Crippen LogP contribution in [0.4, 0.5) is 0 Å². The molecule has 0 amide bonds. The molecule has 4 heteroatoms. The molecular formula is C45H36N4. The van der Waals surface area contributed by atoms with Crippen LogP contribution >= 0.6 is 0 Å². The van der Waals surface area contributed by atoms with E-state index in [4.69, 9.17) is 15.0 Å². The smallest absolute Gasteiger partial charge is 0.164 e. The quantitative estimate of drug-likeness (QED) is 0.194. The van der Waals surface area contributed by atoms with Crippen LogP contribution in [0.1, 0.15) is 38.8 Å². The number of aromatic nitrogens is 4. The van der Waals surface area contributed by atoms with E-state index < -0.39 is 0 Å². The lowest BCUT2D eigenvalue weighted by molar-refractivity contribution is 0.301. The zero-order chi connectivity index (χ0) is 33.3. The summed E-state index contributed by atoms with van der Waals surface area (Å²) in [5.41, 5.74) is 11.6. The van der Waals surface area contributed by atoms with E-state index in [0.717, 1.165) is 22.4 Å². The van der Waals surface area contributed by atoms with Crippen molar-refractivity contribution < 1.29 is 0 Å². The van der Waals surface area contributed by atoms with Crippen molar-refractivity contribution in [2.24, 2.45) is 0 Å². The van der Waals surface area contributed by atoms with Gasteiger partial charge in [-0.15, -0.1) is 0 Å². The summed E-state index contributed by atoms with van der Waals surface area (Å²) in [7, 11) is 0. The van der Waals surface area contributed by atoms with Crippen LogP contribution in [-0.4, -0.2) is 19.5 Å². The van der Waals surface area contributed by atoms with Crippen molar-refractivity contribution in [1.82, 2.24) is 19.5 Å². The fourth-order valence-electron chi connectivity index (χ4n) is 7.85. The van der Waals surface area contributed by atoms with E-state index in [0.29, 0.717) is 17.5 Å². The number of benzene rings is 6. The van der Waals surface area contributed by atoms with E-state index in [1.54, 1.807) is 0 Å². The third kappa shape index (κ3) is 4.40. The van der Waals surface area contributed by atoms with Crippen LogP contribution in [0.5, 0.6) is 0 Å². The van der Waals surface area contributed by atoms with Gasteiger partial charge in [-0.05, 0) is 51.9 Å². The molecule has 2 heterocycles. The molecule has 0 saturated heterocycles. The highest BCUT2D eigenvalue weighted by atomic mass is 15.0. The zero-order valence-corrected chi connectivity index (χ0v) is 28.1. The van der Waals surface area contributed by atoms with Crippen LogP contribution in [0.15, 0.2) is 146 Å². The highest BCUT2D eigenvalue weighted by molar-refractivity contribution is 6.13. The Kier molecular flexibility index (Phi) is 6.47. The van der Waals surface area contributed by atoms with Crippen LogP contribution in [0, 0.1) is 0 Å². The minimum Gasteiger partial charge on any atom is -0.309 e. The van der Waals surface area contributed by atoms with Crippen molar-refractivity contribution in [3.8, 4) is 51.0 Å². The minimum atomic E-state index is -0.125. The van der Waals surface area contributed by atoms with E-state index in [1.165, 1.54) is 44.1 Å². The van der Waals surface area contributed by atoms with Gasteiger partial charge in [-0.1, -0.05) is 149 Å². The average molecular weight is 633 g/mol. The van der Waals surface area contributed by atoms with E-state index in [2.05, 4.69) is 117 Å². The molecule has 0 atom stereocenters. The first-order valence-electron chi connectivity index (χ1n) is 17.0. The van der Waals surface area contributed by atoms with Crippen molar-refractivity contribution in [3.05, 3.63) is 157 Å². The van der Waals surface area contributed by atoms with Crippen LogP contribution in [-0.2, 0) is 10.8 Å². The second-order valence-corrected chi connectivity index (χ2v) is 14.1. The minimum absolute atomic E-state index is 0.0698. The van der Waals surface area contributed by atoms with Gasteiger partial charge in [0.2, 0.25) is 0 Å². The Balaban J connectivity index is 1.28. The summed E-state index contributed by atoms with van der Waals surface area (Å²) in [4.78, 5) is 15.0. The van der Waals surface area contributed by atoms with Crippen molar-refractivity contribution in [2.75, 3.05) is 0 Å². The summed E-state index contributed by atoms with van der Waals surface area (Å²) in [6.45, 7) is 9.64. The second-order valence-electron chi connectivity index (χ2n) is 14.1. The fourth-order valence-corrected chi connectivity index (χ4v) is 7.85. The van der Waals surface area contributed by atoms with Gasteiger partial charge in [0.05, 0.1) is 11.0 Å². The van der Waals surface area contributed by atoms with Gasteiger partial charge in [-0.25, -0.2) is 15.0 Å². The van der Waals surface area contributed by atoms with Crippen molar-refractivity contribution in [1.29, 1.82) is 0 Å². The molecule has 4 nitrogen and oxygen atoms in total. The number of hydrogen-bond donors (Lipinski definition) is 0. The molecule has 1 aliphatic carbocycles. The van der Waals surface area contributed by atoms with Gasteiger partial charge in [-0.3, -0.25) is 0 Å². The van der Waals surface area contributed by atoms with Gasteiger partial charge < -0.3 is 4.57 Å². The molecule has 0 aliphatic heterocycles. The predicted molar refractivity (Wildman–Crippen MR) is 202 cm³/mol. The molecule has 9 rings (SSSR count). The molecule has 0 unspecified atom stereocenters. The molecule has 0 spiro atoms. The first-order chi connectivity index (χ1) is 23.8. The monoisotopic (exact) mass is 632 g/mol. The molecule has 8 aromatic rings. The van der Waals surface area contributed by atoms with Crippen molar-refractivity contribution >= 4 is 21.8 Å². The largest absolute Gasteiger partial charge is 0.309 e. The molecule has 0 N–H and O–H groups in total. The molecule has 0 fully saturated rings. The number of rotatable bonds is 4. The van der Waals surface area contributed by atoms with E-state index >= 15 is 0 Å². The van der Waals surface area contributed by atoms with Crippen LogP contribution in [0.2, 0.25) is 0 Å². The third-order valence-corrected chi connectivity index (χ3v) is 11.0. The molecule has 0 radical (unpaired) electrons. The lowest BCUT2D eigenvalue weighted by Gasteiger charge is -2.48. The van der Waals surface area contributed by atoms with Gasteiger partial charge >= 0.3 is 0 Å². The maximum absolute atomic E-state index is 5.03. The Hall–Kier alpha value is -5.87. The normalized spacial score (nSPS) is 14.4. The summed E-state index contributed by atoms with van der Waals surface area (Å²) in [5, 5.41) is 2.59. The molecule has 49 heavy (non-hydrogen) atoms. The number of nitrogens with zero attached hydrogens (tertiary/aromatic N) is 4. The second kappa shape index (κ2) is 10.8. The summed E-state index contributed by atoms with van der Waals surface area (Å²) in [5.74, 6) is 1.96. The first-order valence-corrected chi connectivity index (χ1v) is 17.0. The summed E-state index contributed by atoms with van der Waals surface area (Å²) >= 11 is 0. The van der Waals surface area contributed by atoms with Crippen LogP contribution in [0.3, 0.4) is 0 Å². The Bertz CT molecular complexity index is 2480. The maximum Gasteiger partial charge on any atom is 0.164 e. The fraction of sp³-hybridized carbons (Fsp3) is 0.133. The van der Waals surface area contributed by atoms with Crippen LogP contribution < -0.4 is 0 Å². The number of fused-ring (bicyclic) bond motifs is 7. The Morgan fingerprint density at radius 3 is 1.71 bits per heavy atom. The lowest BCUT2D eigenvalue weighted by Crippen LogP contribution is -2.43. The molecule has 6 aromatic carbocycles. The van der Waals surface area contributed by atoms with Gasteiger partial charge in [0.25, 0.3) is 0 Å². The Morgan fingerprint density at radius 1 is 0.449 bits per heavy atom. The lowest BCUT2D eigenvalue weighted by atomic mass is 9.55. The number of hydrogen-bond acceptors (Lipinski definition) is 3. The third-order valence-electron chi connectivity index (χ3n) is 11.0. The summed E-state index contributed by atoms with van der Waals surface area (Å²) < 4.78 is 2.41.